The Labute approximate surface area is 78.1 Å². The van der Waals surface area contributed by atoms with Gasteiger partial charge in [0, 0.05) is 9.75 Å². The van der Waals surface area contributed by atoms with E-state index in [1.807, 2.05) is 13.8 Å². The molecular formula is C10H16OS. The molecule has 0 saturated heterocycles. The lowest BCUT2D eigenvalue weighted by Gasteiger charge is -2.21. The second-order valence-electron chi connectivity index (χ2n) is 3.45. The zero-order chi connectivity index (χ0) is 9.35. The quantitative estimate of drug-likeness (QED) is 0.749. The van der Waals surface area contributed by atoms with Crippen LogP contribution in [0.25, 0.3) is 0 Å². The summed E-state index contributed by atoms with van der Waals surface area (Å²) in [5.41, 5.74) is 0.446. The molecular weight excluding hydrogens is 168 g/mol. The van der Waals surface area contributed by atoms with Gasteiger partial charge in [-0.15, -0.1) is 11.3 Å². The molecule has 0 bridgehead atoms. The molecule has 0 saturated carbocycles. The Morgan fingerprint density at radius 2 is 2.08 bits per heavy atom. The molecule has 0 spiro atoms. The summed E-state index contributed by atoms with van der Waals surface area (Å²) in [5.74, 6) is 0. The van der Waals surface area contributed by atoms with E-state index in [0.29, 0.717) is 0 Å². The molecule has 68 valence electrons. The predicted octanol–water partition coefficient (Wildman–Crippen LogP) is 2.98. The van der Waals surface area contributed by atoms with Gasteiger partial charge in [0.25, 0.3) is 0 Å². The van der Waals surface area contributed by atoms with Crippen molar-refractivity contribution in [2.45, 2.75) is 39.7 Å². The molecule has 1 atom stereocenters. The predicted molar refractivity (Wildman–Crippen MR) is 53.7 cm³/mol. The van der Waals surface area contributed by atoms with Gasteiger partial charge in [-0.3, -0.25) is 0 Å². The van der Waals surface area contributed by atoms with Crippen molar-refractivity contribution in [2.75, 3.05) is 0 Å². The van der Waals surface area contributed by atoms with Crippen molar-refractivity contribution in [1.82, 2.24) is 0 Å². The van der Waals surface area contributed by atoms with Crippen molar-refractivity contribution in [3.05, 3.63) is 21.4 Å². The lowest BCUT2D eigenvalue weighted by Crippen LogP contribution is -2.19. The summed E-state index contributed by atoms with van der Waals surface area (Å²) in [5, 5.41) is 10.00. The minimum atomic E-state index is -0.644. The average Bonchev–Trinajstić information content (AvgIpc) is 2.31. The number of rotatable bonds is 2. The smallest absolute Gasteiger partial charge is 0.0876 e. The van der Waals surface area contributed by atoms with Crippen LogP contribution >= 0.6 is 11.3 Å². The Balaban J connectivity index is 3.09. The zero-order valence-electron chi connectivity index (χ0n) is 8.14. The van der Waals surface area contributed by atoms with Crippen LogP contribution in [0.1, 0.15) is 35.6 Å². The maximum Gasteiger partial charge on any atom is 0.0876 e. The van der Waals surface area contributed by atoms with Crippen molar-refractivity contribution in [3.8, 4) is 0 Å². The highest BCUT2D eigenvalue weighted by atomic mass is 32.1. The molecule has 0 fully saturated rings. The van der Waals surface area contributed by atoms with Gasteiger partial charge in [-0.1, -0.05) is 6.92 Å². The molecule has 1 aromatic heterocycles. The summed E-state index contributed by atoms with van der Waals surface area (Å²) < 4.78 is 0. The standard InChI is InChI=1S/C10H16OS/c1-5-10(4,11)9-6-7(2)12-8(9)3/h6,11H,5H2,1-4H3/t10-/m0/s1. The fraction of sp³-hybridized carbons (Fsp3) is 0.600. The molecule has 0 amide bonds. The Kier molecular flexibility index (Phi) is 2.59. The summed E-state index contributed by atoms with van der Waals surface area (Å²) in [6.07, 6.45) is 0.768. The van der Waals surface area contributed by atoms with Crippen molar-refractivity contribution >= 4 is 11.3 Å². The highest BCUT2D eigenvalue weighted by Gasteiger charge is 2.23. The zero-order valence-corrected chi connectivity index (χ0v) is 8.96. The third-order valence-corrected chi connectivity index (χ3v) is 3.28. The van der Waals surface area contributed by atoms with Crippen molar-refractivity contribution in [3.63, 3.8) is 0 Å². The van der Waals surface area contributed by atoms with Gasteiger partial charge in [0.1, 0.15) is 0 Å². The highest BCUT2D eigenvalue weighted by molar-refractivity contribution is 7.12. The van der Waals surface area contributed by atoms with E-state index in [1.54, 1.807) is 11.3 Å². The lowest BCUT2D eigenvalue weighted by atomic mass is 9.94. The van der Waals surface area contributed by atoms with Gasteiger partial charge in [0.05, 0.1) is 5.60 Å². The van der Waals surface area contributed by atoms with Gasteiger partial charge in [0.2, 0.25) is 0 Å². The van der Waals surface area contributed by atoms with Crippen LogP contribution in [-0.2, 0) is 5.60 Å². The van der Waals surface area contributed by atoms with Crippen molar-refractivity contribution < 1.29 is 5.11 Å². The molecule has 2 heteroatoms. The van der Waals surface area contributed by atoms with E-state index in [4.69, 9.17) is 0 Å². The van der Waals surface area contributed by atoms with Gasteiger partial charge in [-0.05, 0) is 38.8 Å². The first-order valence-corrected chi connectivity index (χ1v) is 5.09. The largest absolute Gasteiger partial charge is 0.385 e. The molecule has 1 aromatic rings. The van der Waals surface area contributed by atoms with Crippen molar-refractivity contribution in [2.24, 2.45) is 0 Å². The molecule has 0 radical (unpaired) electrons. The summed E-state index contributed by atoms with van der Waals surface area (Å²) >= 11 is 1.75. The summed E-state index contributed by atoms with van der Waals surface area (Å²) in [6.45, 7) is 8.03. The number of aryl methyl sites for hydroxylation is 2. The van der Waals surface area contributed by atoms with E-state index in [9.17, 15) is 5.11 Å². The van der Waals surface area contributed by atoms with Crippen LogP contribution in [0.15, 0.2) is 6.07 Å². The van der Waals surface area contributed by atoms with Crippen LogP contribution in [-0.4, -0.2) is 5.11 Å². The van der Waals surface area contributed by atoms with E-state index in [-0.39, 0.29) is 0 Å². The molecule has 0 unspecified atom stereocenters. The fourth-order valence-electron chi connectivity index (χ4n) is 1.36. The summed E-state index contributed by atoms with van der Waals surface area (Å²) in [4.78, 5) is 2.51. The van der Waals surface area contributed by atoms with Gasteiger partial charge < -0.3 is 5.11 Å². The minimum Gasteiger partial charge on any atom is -0.385 e. The van der Waals surface area contributed by atoms with Crippen LogP contribution < -0.4 is 0 Å². The summed E-state index contributed by atoms with van der Waals surface area (Å²) in [6, 6.07) is 2.09. The number of aliphatic hydroxyl groups is 1. The second-order valence-corrected chi connectivity index (χ2v) is 4.91. The van der Waals surface area contributed by atoms with Crippen molar-refractivity contribution in [1.29, 1.82) is 0 Å². The fourth-order valence-corrected chi connectivity index (χ4v) is 2.40. The first kappa shape index (κ1) is 9.75. The molecule has 1 N–H and O–H groups in total. The van der Waals surface area contributed by atoms with E-state index < -0.39 is 5.60 Å². The summed E-state index contributed by atoms with van der Waals surface area (Å²) in [7, 11) is 0. The van der Waals surface area contributed by atoms with Crippen LogP contribution in [0, 0.1) is 13.8 Å². The first-order valence-electron chi connectivity index (χ1n) is 4.27. The highest BCUT2D eigenvalue weighted by Crippen LogP contribution is 2.32. The van der Waals surface area contributed by atoms with Gasteiger partial charge in [-0.2, -0.15) is 0 Å². The number of thiophene rings is 1. The minimum absolute atomic E-state index is 0.644. The monoisotopic (exact) mass is 184 g/mol. The molecule has 1 heterocycles. The van der Waals surface area contributed by atoms with E-state index in [2.05, 4.69) is 19.9 Å². The molecule has 12 heavy (non-hydrogen) atoms. The normalized spacial score (nSPS) is 16.1. The van der Waals surface area contributed by atoms with E-state index in [1.165, 1.54) is 9.75 Å². The van der Waals surface area contributed by atoms with Gasteiger partial charge in [0.15, 0.2) is 0 Å². The molecule has 0 aliphatic carbocycles. The maximum absolute atomic E-state index is 10.00. The Morgan fingerprint density at radius 1 is 1.50 bits per heavy atom. The van der Waals surface area contributed by atoms with Gasteiger partial charge in [-0.25, -0.2) is 0 Å². The number of hydrogen-bond donors (Lipinski definition) is 1. The molecule has 0 aliphatic rings. The Hall–Kier alpha value is -0.340. The Morgan fingerprint density at radius 3 is 2.42 bits per heavy atom. The average molecular weight is 184 g/mol. The van der Waals surface area contributed by atoms with Gasteiger partial charge >= 0.3 is 0 Å². The third kappa shape index (κ3) is 1.70. The first-order chi connectivity index (χ1) is 5.47. The molecule has 1 rings (SSSR count). The molecule has 0 aliphatic heterocycles. The third-order valence-electron chi connectivity index (χ3n) is 2.31. The van der Waals surface area contributed by atoms with Crippen LogP contribution in [0.3, 0.4) is 0 Å². The van der Waals surface area contributed by atoms with Crippen LogP contribution in [0.2, 0.25) is 0 Å². The van der Waals surface area contributed by atoms with Crippen LogP contribution in [0.4, 0.5) is 0 Å². The number of hydrogen-bond acceptors (Lipinski definition) is 2. The molecule has 0 aromatic carbocycles. The molecule has 1 nitrogen and oxygen atoms in total. The lowest BCUT2D eigenvalue weighted by molar-refractivity contribution is 0.0529. The second kappa shape index (κ2) is 3.19. The topological polar surface area (TPSA) is 20.2 Å². The van der Waals surface area contributed by atoms with Crippen LogP contribution in [0.5, 0.6) is 0 Å². The van der Waals surface area contributed by atoms with E-state index in [0.717, 1.165) is 12.0 Å². The van der Waals surface area contributed by atoms with E-state index >= 15 is 0 Å². The SMILES string of the molecule is CC[C@](C)(O)c1cc(C)sc1C. The Bertz CT molecular complexity index is 273. The maximum atomic E-state index is 10.00.